The minimum atomic E-state index is -0.962. The van der Waals surface area contributed by atoms with Crippen LogP contribution in [0, 0.1) is 0 Å². The van der Waals surface area contributed by atoms with Gasteiger partial charge in [-0.15, -0.1) is 0 Å². The fourth-order valence-electron chi connectivity index (χ4n) is 4.36. The molecule has 0 aliphatic carbocycles. The monoisotopic (exact) mass is 592 g/mol. The highest BCUT2D eigenvalue weighted by Gasteiger charge is 2.19. The van der Waals surface area contributed by atoms with Crippen molar-refractivity contribution in [2.75, 3.05) is 26.6 Å². The number of benzene rings is 3. The van der Waals surface area contributed by atoms with Crippen molar-refractivity contribution >= 4 is 17.5 Å². The minimum absolute atomic E-state index is 0.149. The van der Waals surface area contributed by atoms with E-state index in [1.165, 1.54) is 0 Å². The molecule has 2 atom stereocenters. The first kappa shape index (κ1) is 33.1. The first-order valence-electron chi connectivity index (χ1n) is 14.2. The molecular formula is C33H40N2O8. The summed E-state index contributed by atoms with van der Waals surface area (Å²) in [6.07, 6.45) is 3.63. The lowest BCUT2D eigenvalue weighted by atomic mass is 9.95. The molecule has 1 aliphatic rings. The second-order valence-corrected chi connectivity index (χ2v) is 9.69. The van der Waals surface area contributed by atoms with Crippen LogP contribution < -0.4 is 25.7 Å². The summed E-state index contributed by atoms with van der Waals surface area (Å²) in [7, 11) is 0. The molecule has 3 aromatic rings. The highest BCUT2D eigenvalue weighted by Crippen LogP contribution is 2.37. The average molecular weight is 593 g/mol. The molecule has 4 rings (SSSR count). The Labute approximate surface area is 251 Å². The molecular weight excluding hydrogens is 552 g/mol. The average Bonchev–Trinajstić information content (AvgIpc) is 3.00. The van der Waals surface area contributed by atoms with Gasteiger partial charge >= 0.3 is 11.9 Å². The van der Waals surface area contributed by atoms with Crippen LogP contribution in [0.3, 0.4) is 0 Å². The molecule has 1 unspecified atom stereocenters. The number of carboxylic acid groups (broad SMARTS) is 2. The molecule has 43 heavy (non-hydrogen) atoms. The third-order valence-corrected chi connectivity index (χ3v) is 6.59. The number of rotatable bonds is 13. The van der Waals surface area contributed by atoms with E-state index in [2.05, 4.69) is 0 Å². The summed E-state index contributed by atoms with van der Waals surface area (Å²) >= 11 is 0. The Bertz CT molecular complexity index is 1290. The number of carbonyl (C=O) groups is 2. The van der Waals surface area contributed by atoms with E-state index in [0.29, 0.717) is 38.3 Å². The van der Waals surface area contributed by atoms with Crippen molar-refractivity contribution in [3.8, 4) is 17.2 Å². The number of carboxylic acids is 2. The van der Waals surface area contributed by atoms with Crippen LogP contribution in [0.2, 0.25) is 0 Å². The molecule has 0 amide bonds. The number of ether oxygens (including phenoxy) is 4. The summed E-state index contributed by atoms with van der Waals surface area (Å²) < 4.78 is 22.9. The Morgan fingerprint density at radius 3 is 2.05 bits per heavy atom. The van der Waals surface area contributed by atoms with Crippen LogP contribution >= 0.6 is 0 Å². The van der Waals surface area contributed by atoms with E-state index >= 15 is 0 Å². The lowest BCUT2D eigenvalue weighted by Crippen LogP contribution is -2.29. The topological polar surface area (TPSA) is 164 Å². The third-order valence-electron chi connectivity index (χ3n) is 6.59. The molecule has 0 fully saturated rings. The predicted molar refractivity (Wildman–Crippen MR) is 163 cm³/mol. The van der Waals surface area contributed by atoms with Crippen LogP contribution in [0.25, 0.3) is 5.57 Å². The van der Waals surface area contributed by atoms with Gasteiger partial charge in [0.15, 0.2) is 6.10 Å². The second kappa shape index (κ2) is 17.5. The van der Waals surface area contributed by atoms with Crippen molar-refractivity contribution in [3.05, 3.63) is 95.6 Å². The zero-order valence-corrected chi connectivity index (χ0v) is 24.3. The molecule has 0 radical (unpaired) electrons. The van der Waals surface area contributed by atoms with Crippen molar-refractivity contribution in [2.45, 2.75) is 44.8 Å². The van der Waals surface area contributed by atoms with Gasteiger partial charge in [-0.3, -0.25) is 4.79 Å². The van der Waals surface area contributed by atoms with Gasteiger partial charge in [-0.2, -0.15) is 0 Å². The molecule has 0 aromatic heterocycles. The Balaban J connectivity index is 0.000000436. The van der Waals surface area contributed by atoms with E-state index < -0.39 is 24.1 Å². The highest BCUT2D eigenvalue weighted by atomic mass is 16.7. The van der Waals surface area contributed by atoms with Crippen LogP contribution in [-0.2, 0) is 20.7 Å². The summed E-state index contributed by atoms with van der Waals surface area (Å²) in [6.45, 7) is 3.23. The van der Waals surface area contributed by atoms with E-state index in [1.807, 2.05) is 78.9 Å². The molecule has 0 spiro atoms. The summed E-state index contributed by atoms with van der Waals surface area (Å²) in [5, 5.41) is 17.6. The van der Waals surface area contributed by atoms with E-state index in [0.717, 1.165) is 46.6 Å². The van der Waals surface area contributed by atoms with Gasteiger partial charge in [-0.1, -0.05) is 55.0 Å². The molecule has 0 saturated carbocycles. The van der Waals surface area contributed by atoms with Crippen LogP contribution in [0.4, 0.5) is 0 Å². The van der Waals surface area contributed by atoms with Crippen LogP contribution in [0.15, 0.2) is 78.9 Å². The number of fused-ring (bicyclic) bond motifs is 2. The smallest absolute Gasteiger partial charge is 0.333 e. The lowest BCUT2D eigenvalue weighted by Gasteiger charge is -2.21. The van der Waals surface area contributed by atoms with Gasteiger partial charge in [-0.25, -0.2) is 4.79 Å². The largest absolute Gasteiger partial charge is 0.490 e. The Morgan fingerprint density at radius 1 is 0.907 bits per heavy atom. The number of aliphatic carboxylic acids is 2. The number of nitrogens with two attached hydrogens (primary N) is 2. The fraction of sp³-hybridized carbons (Fsp3) is 0.333. The summed E-state index contributed by atoms with van der Waals surface area (Å²) in [6, 6.07) is 22.4. The molecule has 10 heteroatoms. The first-order chi connectivity index (χ1) is 20.8. The molecule has 1 aliphatic heterocycles. The number of para-hydroxylation sites is 2. The minimum Gasteiger partial charge on any atom is -0.490 e. The molecule has 6 N–H and O–H groups in total. The van der Waals surface area contributed by atoms with Crippen molar-refractivity contribution in [3.63, 3.8) is 0 Å². The van der Waals surface area contributed by atoms with E-state index in [-0.39, 0.29) is 6.79 Å². The standard InChI is InChI=1S/C27H26O6.C6H14N2O2/c1-2-30-26(27(28)29)17-19-11-13-20(14-12-19)31-16-15-21-22-7-3-5-9-24(22)32-18-33-25-10-6-4-8-23(21)25;7-4-2-1-3-5(8)6(9)10/h3-15,26H,2,16-18H2,1H3,(H,28,29);5H,1-4,7-8H2,(H,9,10)/t;5-/m.0/s1. The number of hydrogen-bond donors (Lipinski definition) is 4. The van der Waals surface area contributed by atoms with Gasteiger partial charge in [0, 0.05) is 24.2 Å². The first-order valence-corrected chi connectivity index (χ1v) is 14.2. The van der Waals surface area contributed by atoms with Gasteiger partial charge in [-0.05, 0) is 67.8 Å². The summed E-state index contributed by atoms with van der Waals surface area (Å²) in [5.41, 5.74) is 14.2. The maximum Gasteiger partial charge on any atom is 0.333 e. The van der Waals surface area contributed by atoms with Gasteiger partial charge in [0.2, 0.25) is 6.79 Å². The van der Waals surface area contributed by atoms with Crippen molar-refractivity contribution < 1.29 is 38.7 Å². The van der Waals surface area contributed by atoms with E-state index in [4.69, 9.17) is 35.5 Å². The Morgan fingerprint density at radius 2 is 1.51 bits per heavy atom. The van der Waals surface area contributed by atoms with Crippen molar-refractivity contribution in [2.24, 2.45) is 11.5 Å². The molecule has 230 valence electrons. The second-order valence-electron chi connectivity index (χ2n) is 9.69. The molecule has 0 saturated heterocycles. The van der Waals surface area contributed by atoms with Gasteiger partial charge in [0.25, 0.3) is 0 Å². The van der Waals surface area contributed by atoms with Crippen LogP contribution in [0.5, 0.6) is 17.2 Å². The Kier molecular flexibility index (Phi) is 13.5. The normalized spacial score (nSPS) is 13.2. The van der Waals surface area contributed by atoms with E-state index in [9.17, 15) is 14.7 Å². The van der Waals surface area contributed by atoms with Crippen LogP contribution in [-0.4, -0.2) is 60.8 Å². The predicted octanol–water partition coefficient (Wildman–Crippen LogP) is 4.49. The quantitative estimate of drug-likeness (QED) is 0.208. The maximum atomic E-state index is 11.3. The van der Waals surface area contributed by atoms with Crippen molar-refractivity contribution in [1.82, 2.24) is 0 Å². The molecule has 3 aromatic carbocycles. The SMILES string of the molecule is CCOC(Cc1ccc(OCC=C2c3ccccc3OCOc3ccccc32)cc1)C(=O)O.NCCCC[C@H](N)C(=O)O. The Hall–Kier alpha value is -4.38. The number of hydrogen-bond acceptors (Lipinski definition) is 8. The lowest BCUT2D eigenvalue weighted by molar-refractivity contribution is -0.150. The molecule has 0 bridgehead atoms. The maximum absolute atomic E-state index is 11.3. The van der Waals surface area contributed by atoms with Gasteiger partial charge in [0.1, 0.15) is 29.9 Å². The third kappa shape index (κ3) is 10.4. The van der Waals surface area contributed by atoms with Crippen molar-refractivity contribution in [1.29, 1.82) is 0 Å². The van der Waals surface area contributed by atoms with Gasteiger partial charge in [0.05, 0.1) is 0 Å². The summed E-state index contributed by atoms with van der Waals surface area (Å²) in [5.74, 6) is 0.308. The van der Waals surface area contributed by atoms with Gasteiger partial charge < -0.3 is 40.6 Å². The molecule has 10 nitrogen and oxygen atoms in total. The van der Waals surface area contributed by atoms with E-state index in [1.54, 1.807) is 6.92 Å². The summed E-state index contributed by atoms with van der Waals surface area (Å²) in [4.78, 5) is 21.4. The fourth-order valence-corrected chi connectivity index (χ4v) is 4.36. The highest BCUT2D eigenvalue weighted by molar-refractivity contribution is 5.85. The number of unbranched alkanes of at least 4 members (excludes halogenated alkanes) is 1. The zero-order valence-electron chi connectivity index (χ0n) is 24.3. The zero-order chi connectivity index (χ0) is 31.0. The van der Waals surface area contributed by atoms with Crippen LogP contribution in [0.1, 0.15) is 42.9 Å². The molecule has 1 heterocycles.